The Kier molecular flexibility index (Phi) is 7.03. The van der Waals surface area contributed by atoms with Gasteiger partial charge in [0.15, 0.2) is 5.13 Å². The fourth-order valence-electron chi connectivity index (χ4n) is 4.34. The van der Waals surface area contributed by atoms with Crippen LogP contribution < -0.4 is 9.64 Å². The van der Waals surface area contributed by atoms with Gasteiger partial charge in [-0.05, 0) is 49.2 Å². The van der Waals surface area contributed by atoms with E-state index in [2.05, 4.69) is 0 Å². The van der Waals surface area contributed by atoms with Crippen LogP contribution in [0, 0.1) is 5.92 Å². The zero-order valence-electron chi connectivity index (χ0n) is 19.5. The van der Waals surface area contributed by atoms with Gasteiger partial charge in [-0.25, -0.2) is 13.4 Å². The fourth-order valence-corrected chi connectivity index (χ4v) is 7.15. The average molecular weight is 546 g/mol. The zero-order chi connectivity index (χ0) is 25.3. The van der Waals surface area contributed by atoms with E-state index in [9.17, 15) is 13.2 Å². The molecule has 11 heteroatoms. The highest BCUT2D eigenvalue weighted by Crippen LogP contribution is 2.40. The van der Waals surface area contributed by atoms with E-state index >= 15 is 0 Å². The maximum Gasteiger partial charge on any atom is 0.243 e. The normalized spacial score (nSPS) is 16.8. The Balaban J connectivity index is 1.48. The van der Waals surface area contributed by atoms with Crippen molar-refractivity contribution in [3.8, 4) is 5.75 Å². The molecule has 1 amide bonds. The summed E-state index contributed by atoms with van der Waals surface area (Å²) >= 11 is 7.71. The van der Waals surface area contributed by atoms with Gasteiger partial charge in [-0.15, -0.1) is 0 Å². The number of ether oxygens (including phenoxy) is 1. The Morgan fingerprint density at radius 2 is 2.03 bits per heavy atom. The molecule has 0 spiro atoms. The maximum absolute atomic E-state index is 13.9. The fraction of sp³-hybridized carbons (Fsp3) is 0.280. The Labute approximate surface area is 218 Å². The van der Waals surface area contributed by atoms with Crippen LogP contribution in [-0.4, -0.2) is 43.8 Å². The SMILES string of the molecule is COc1ccc(Cl)c2sc(N(Cc3ccco3)C(=O)C3CCCN(S(=O)(=O)c4ccccc4)C3)nc12. The lowest BCUT2D eigenvalue weighted by atomic mass is 9.98. The number of piperidine rings is 1. The van der Waals surface area contributed by atoms with E-state index in [1.165, 1.54) is 15.6 Å². The van der Waals surface area contributed by atoms with Crippen molar-refractivity contribution in [3.05, 3.63) is 71.6 Å². The van der Waals surface area contributed by atoms with Gasteiger partial charge >= 0.3 is 0 Å². The van der Waals surface area contributed by atoms with Crippen LogP contribution in [0.25, 0.3) is 10.2 Å². The molecule has 4 aromatic rings. The number of hydrogen-bond acceptors (Lipinski definition) is 7. The number of halogens is 1. The molecule has 1 aliphatic heterocycles. The number of fused-ring (bicyclic) bond motifs is 1. The summed E-state index contributed by atoms with van der Waals surface area (Å²) in [5, 5.41) is 0.957. The Bertz CT molecular complexity index is 1470. The summed E-state index contributed by atoms with van der Waals surface area (Å²) in [6.07, 6.45) is 2.70. The summed E-state index contributed by atoms with van der Waals surface area (Å²) in [5.74, 6) is 0.399. The number of furan rings is 1. The van der Waals surface area contributed by atoms with Crippen molar-refractivity contribution < 1.29 is 22.4 Å². The van der Waals surface area contributed by atoms with Crippen molar-refractivity contribution in [3.63, 3.8) is 0 Å². The van der Waals surface area contributed by atoms with E-state index in [-0.39, 0.29) is 23.9 Å². The molecule has 3 heterocycles. The van der Waals surface area contributed by atoms with E-state index in [1.807, 2.05) is 0 Å². The minimum absolute atomic E-state index is 0.0969. The number of anilines is 1. The van der Waals surface area contributed by atoms with Gasteiger partial charge in [-0.1, -0.05) is 41.1 Å². The number of methoxy groups -OCH3 is 1. The summed E-state index contributed by atoms with van der Waals surface area (Å²) in [4.78, 5) is 20.4. The third-order valence-electron chi connectivity index (χ3n) is 6.17. The van der Waals surface area contributed by atoms with Crippen molar-refractivity contribution in [2.75, 3.05) is 25.1 Å². The van der Waals surface area contributed by atoms with Crippen LogP contribution in [0.5, 0.6) is 5.75 Å². The molecule has 0 radical (unpaired) electrons. The van der Waals surface area contributed by atoms with Crippen LogP contribution in [0.3, 0.4) is 0 Å². The van der Waals surface area contributed by atoms with Crippen LogP contribution >= 0.6 is 22.9 Å². The van der Waals surface area contributed by atoms with Gasteiger partial charge in [-0.2, -0.15) is 4.31 Å². The number of rotatable bonds is 7. The molecule has 1 unspecified atom stereocenters. The smallest absolute Gasteiger partial charge is 0.243 e. The van der Waals surface area contributed by atoms with Crippen LogP contribution in [-0.2, 0) is 21.4 Å². The van der Waals surface area contributed by atoms with E-state index in [0.717, 1.165) is 0 Å². The second kappa shape index (κ2) is 10.2. The maximum atomic E-state index is 13.9. The lowest BCUT2D eigenvalue weighted by molar-refractivity contribution is -0.123. The summed E-state index contributed by atoms with van der Waals surface area (Å²) < 4.78 is 39.5. The van der Waals surface area contributed by atoms with Crippen LogP contribution in [0.15, 0.2) is 70.2 Å². The predicted molar refractivity (Wildman–Crippen MR) is 139 cm³/mol. The standard InChI is InChI=1S/C25H24ClN3O5S2/c1-33-21-12-11-20(26)23-22(21)27-25(35-23)29(16-18-8-6-14-34-18)24(30)17-7-5-13-28(15-17)36(31,32)19-9-3-2-4-10-19/h2-4,6,8-12,14,17H,5,7,13,15-16H2,1H3. The molecule has 5 rings (SSSR count). The first-order valence-corrected chi connectivity index (χ1v) is 14.0. The van der Waals surface area contributed by atoms with Crippen molar-refractivity contribution in [2.45, 2.75) is 24.3 Å². The first kappa shape index (κ1) is 24.8. The molecule has 1 aliphatic rings. The number of nitrogens with zero attached hydrogens (tertiary/aromatic N) is 3. The minimum atomic E-state index is -3.71. The van der Waals surface area contributed by atoms with Crippen molar-refractivity contribution >= 4 is 54.2 Å². The van der Waals surface area contributed by atoms with Gasteiger partial charge in [-0.3, -0.25) is 9.69 Å². The van der Waals surface area contributed by atoms with Gasteiger partial charge < -0.3 is 9.15 Å². The van der Waals surface area contributed by atoms with E-state index < -0.39 is 15.9 Å². The molecule has 0 N–H and O–H groups in total. The highest BCUT2D eigenvalue weighted by molar-refractivity contribution is 7.89. The number of aromatic nitrogens is 1. The Hall–Kier alpha value is -2.92. The molecule has 8 nitrogen and oxygen atoms in total. The summed E-state index contributed by atoms with van der Waals surface area (Å²) in [7, 11) is -2.15. The number of carbonyl (C=O) groups is 1. The van der Waals surface area contributed by atoms with Crippen molar-refractivity contribution in [2.24, 2.45) is 5.92 Å². The lowest BCUT2D eigenvalue weighted by Crippen LogP contribution is -2.46. The zero-order valence-corrected chi connectivity index (χ0v) is 21.9. The number of thiazole rings is 1. The molecule has 2 aromatic carbocycles. The van der Waals surface area contributed by atoms with Crippen LogP contribution in [0.1, 0.15) is 18.6 Å². The van der Waals surface area contributed by atoms with Gasteiger partial charge in [0.25, 0.3) is 0 Å². The second-order valence-corrected chi connectivity index (χ2v) is 11.8. The van der Waals surface area contributed by atoms with Gasteiger partial charge in [0.1, 0.15) is 17.0 Å². The van der Waals surface area contributed by atoms with E-state index in [1.54, 1.807) is 72.9 Å². The molecule has 0 aliphatic carbocycles. The van der Waals surface area contributed by atoms with Gasteiger partial charge in [0.2, 0.25) is 15.9 Å². The molecule has 0 saturated carbocycles. The van der Waals surface area contributed by atoms with E-state index in [4.69, 9.17) is 25.7 Å². The number of hydrogen-bond donors (Lipinski definition) is 0. The van der Waals surface area contributed by atoms with Crippen molar-refractivity contribution in [1.82, 2.24) is 9.29 Å². The number of benzene rings is 2. The van der Waals surface area contributed by atoms with Gasteiger partial charge in [0.05, 0.1) is 40.5 Å². The topological polar surface area (TPSA) is 93.0 Å². The number of carbonyl (C=O) groups excluding carboxylic acids is 1. The first-order valence-electron chi connectivity index (χ1n) is 11.4. The van der Waals surface area contributed by atoms with Crippen LogP contribution in [0.4, 0.5) is 5.13 Å². The first-order chi connectivity index (χ1) is 17.4. The number of amides is 1. The molecule has 1 atom stereocenters. The molecular weight excluding hydrogens is 522 g/mol. The molecule has 1 saturated heterocycles. The average Bonchev–Trinajstić information content (AvgIpc) is 3.58. The third-order valence-corrected chi connectivity index (χ3v) is 9.59. The van der Waals surface area contributed by atoms with Crippen LogP contribution in [0.2, 0.25) is 5.02 Å². The van der Waals surface area contributed by atoms with E-state index in [0.29, 0.717) is 51.3 Å². The third kappa shape index (κ3) is 4.73. The summed E-state index contributed by atoms with van der Waals surface area (Å²) in [6.45, 7) is 0.625. The minimum Gasteiger partial charge on any atom is -0.494 e. The molecule has 0 bridgehead atoms. The Morgan fingerprint density at radius 3 is 2.75 bits per heavy atom. The highest BCUT2D eigenvalue weighted by Gasteiger charge is 2.36. The molecule has 2 aromatic heterocycles. The molecule has 188 valence electrons. The van der Waals surface area contributed by atoms with Gasteiger partial charge in [0, 0.05) is 13.1 Å². The Morgan fingerprint density at radius 1 is 1.22 bits per heavy atom. The largest absolute Gasteiger partial charge is 0.494 e. The van der Waals surface area contributed by atoms with Crippen molar-refractivity contribution in [1.29, 1.82) is 0 Å². The lowest BCUT2D eigenvalue weighted by Gasteiger charge is -2.33. The molecule has 1 fully saturated rings. The predicted octanol–water partition coefficient (Wildman–Crippen LogP) is 5.19. The second-order valence-electron chi connectivity index (χ2n) is 8.44. The summed E-state index contributed by atoms with van der Waals surface area (Å²) in [5.41, 5.74) is 0.569. The highest BCUT2D eigenvalue weighted by atomic mass is 35.5. The monoisotopic (exact) mass is 545 g/mol. The molecular formula is C25H24ClN3O5S2. The molecule has 36 heavy (non-hydrogen) atoms. The quantitative estimate of drug-likeness (QED) is 0.317. The summed E-state index contributed by atoms with van der Waals surface area (Å²) in [6, 6.07) is 15.3. The number of sulfonamides is 1.